The van der Waals surface area contributed by atoms with Gasteiger partial charge < -0.3 is 10.2 Å². The zero-order chi connectivity index (χ0) is 12.1. The molecule has 0 saturated carbocycles. The van der Waals surface area contributed by atoms with Gasteiger partial charge in [-0.15, -0.1) is 0 Å². The van der Waals surface area contributed by atoms with E-state index in [1.807, 2.05) is 13.2 Å². The highest BCUT2D eigenvalue weighted by Crippen LogP contribution is 2.25. The Labute approximate surface area is 112 Å². The van der Waals surface area contributed by atoms with E-state index >= 15 is 0 Å². The van der Waals surface area contributed by atoms with Gasteiger partial charge in [0, 0.05) is 23.3 Å². The summed E-state index contributed by atoms with van der Waals surface area (Å²) in [4.78, 5) is 6.98. The van der Waals surface area contributed by atoms with Crippen LogP contribution in [0.1, 0.15) is 25.7 Å². The van der Waals surface area contributed by atoms with Crippen LogP contribution in [-0.4, -0.2) is 31.2 Å². The van der Waals surface area contributed by atoms with Crippen LogP contribution in [0.2, 0.25) is 0 Å². The summed E-state index contributed by atoms with van der Waals surface area (Å²) in [5, 5.41) is 3.24. The molecule has 0 radical (unpaired) electrons. The van der Waals surface area contributed by atoms with Gasteiger partial charge in [-0.2, -0.15) is 0 Å². The van der Waals surface area contributed by atoms with Gasteiger partial charge in [-0.1, -0.05) is 0 Å². The Hall–Kier alpha value is -0.610. The first kappa shape index (κ1) is 12.8. The fourth-order valence-corrected chi connectivity index (χ4v) is 2.69. The number of anilines is 1. The van der Waals surface area contributed by atoms with Gasteiger partial charge in [0.05, 0.1) is 0 Å². The van der Waals surface area contributed by atoms with E-state index in [4.69, 9.17) is 0 Å². The van der Waals surface area contributed by atoms with Gasteiger partial charge in [0.15, 0.2) is 0 Å². The Morgan fingerprint density at radius 1 is 1.47 bits per heavy atom. The Morgan fingerprint density at radius 3 is 3.06 bits per heavy atom. The maximum atomic E-state index is 4.52. The first-order valence-corrected chi connectivity index (χ1v) is 7.13. The molecular weight excluding hydrogens is 278 g/mol. The maximum Gasteiger partial charge on any atom is 0.128 e. The summed E-state index contributed by atoms with van der Waals surface area (Å²) in [5.41, 5.74) is 0. The van der Waals surface area contributed by atoms with E-state index in [0.29, 0.717) is 6.04 Å². The summed E-state index contributed by atoms with van der Waals surface area (Å²) in [7, 11) is 2.02. The van der Waals surface area contributed by atoms with Crippen LogP contribution in [0.5, 0.6) is 0 Å². The van der Waals surface area contributed by atoms with Crippen molar-refractivity contribution in [1.29, 1.82) is 0 Å². The number of nitrogens with zero attached hydrogens (tertiary/aromatic N) is 2. The lowest BCUT2D eigenvalue weighted by Crippen LogP contribution is -2.41. The van der Waals surface area contributed by atoms with Gasteiger partial charge in [0.1, 0.15) is 5.82 Å². The summed E-state index contributed by atoms with van der Waals surface area (Å²) >= 11 is 3.44. The minimum Gasteiger partial charge on any atom is -0.354 e. The van der Waals surface area contributed by atoms with Crippen LogP contribution in [0, 0.1) is 0 Å². The average molecular weight is 298 g/mol. The molecule has 1 unspecified atom stereocenters. The highest BCUT2D eigenvalue weighted by Gasteiger charge is 2.22. The van der Waals surface area contributed by atoms with Gasteiger partial charge >= 0.3 is 0 Å². The van der Waals surface area contributed by atoms with E-state index in [9.17, 15) is 0 Å². The van der Waals surface area contributed by atoms with Crippen molar-refractivity contribution >= 4 is 21.7 Å². The molecular formula is C13H20BrN3. The fraction of sp³-hybridized carbons (Fsp3) is 0.615. The number of pyridine rings is 1. The fourth-order valence-electron chi connectivity index (χ4n) is 2.45. The lowest BCUT2D eigenvalue weighted by Gasteiger charge is -2.36. The van der Waals surface area contributed by atoms with E-state index in [-0.39, 0.29) is 0 Å². The number of hydrogen-bond acceptors (Lipinski definition) is 3. The van der Waals surface area contributed by atoms with Crippen LogP contribution in [0.15, 0.2) is 22.8 Å². The molecule has 0 spiro atoms. The summed E-state index contributed by atoms with van der Waals surface area (Å²) in [5.74, 6) is 1.12. The van der Waals surface area contributed by atoms with Crippen LogP contribution in [0.25, 0.3) is 0 Å². The Bertz CT molecular complexity index is 339. The number of halogens is 1. The molecule has 0 bridgehead atoms. The van der Waals surface area contributed by atoms with Crippen molar-refractivity contribution in [3.05, 3.63) is 22.8 Å². The van der Waals surface area contributed by atoms with Crippen molar-refractivity contribution in [2.75, 3.05) is 25.0 Å². The molecule has 0 aromatic carbocycles. The third-order valence-corrected chi connectivity index (χ3v) is 3.83. The molecule has 4 heteroatoms. The van der Waals surface area contributed by atoms with E-state index < -0.39 is 0 Å². The van der Waals surface area contributed by atoms with Gasteiger partial charge in [-0.05, 0) is 67.3 Å². The number of nitrogens with one attached hydrogen (secondary N) is 1. The van der Waals surface area contributed by atoms with Crippen molar-refractivity contribution < 1.29 is 0 Å². The van der Waals surface area contributed by atoms with Crippen molar-refractivity contribution in [3.63, 3.8) is 0 Å². The maximum absolute atomic E-state index is 4.52. The molecule has 0 aliphatic carbocycles. The standard InChI is InChI=1S/C13H20BrN3/c1-15-8-7-12-4-2-3-9-17(12)13-6-5-11(14)10-16-13/h5-6,10,12,15H,2-4,7-9H2,1H3. The van der Waals surface area contributed by atoms with Crippen LogP contribution in [0.3, 0.4) is 0 Å². The summed E-state index contributed by atoms with van der Waals surface area (Å²) in [6.07, 6.45) is 7.02. The minimum atomic E-state index is 0.643. The van der Waals surface area contributed by atoms with Crippen LogP contribution in [0.4, 0.5) is 5.82 Å². The topological polar surface area (TPSA) is 28.2 Å². The Balaban J connectivity index is 2.07. The molecule has 17 heavy (non-hydrogen) atoms. The molecule has 1 aromatic rings. The molecule has 1 N–H and O–H groups in total. The molecule has 2 heterocycles. The minimum absolute atomic E-state index is 0.643. The highest BCUT2D eigenvalue weighted by atomic mass is 79.9. The average Bonchev–Trinajstić information content (AvgIpc) is 2.38. The smallest absolute Gasteiger partial charge is 0.128 e. The highest BCUT2D eigenvalue weighted by molar-refractivity contribution is 9.10. The van der Waals surface area contributed by atoms with E-state index in [2.05, 4.69) is 43.3 Å². The van der Waals surface area contributed by atoms with E-state index in [1.54, 1.807) is 0 Å². The third kappa shape index (κ3) is 3.42. The Morgan fingerprint density at radius 2 is 2.35 bits per heavy atom. The third-order valence-electron chi connectivity index (χ3n) is 3.36. The van der Waals surface area contributed by atoms with Crippen molar-refractivity contribution in [2.45, 2.75) is 31.7 Å². The molecule has 94 valence electrons. The molecule has 1 atom stereocenters. The first-order chi connectivity index (χ1) is 8.31. The predicted octanol–water partition coefficient (Wildman–Crippen LogP) is 2.81. The molecule has 2 rings (SSSR count). The molecule has 1 aliphatic heterocycles. The van der Waals surface area contributed by atoms with Crippen LogP contribution < -0.4 is 10.2 Å². The lowest BCUT2D eigenvalue weighted by atomic mass is 9.99. The lowest BCUT2D eigenvalue weighted by molar-refractivity contribution is 0.430. The van der Waals surface area contributed by atoms with Gasteiger partial charge in [0.2, 0.25) is 0 Å². The van der Waals surface area contributed by atoms with E-state index in [0.717, 1.165) is 23.4 Å². The summed E-state index contributed by atoms with van der Waals surface area (Å²) in [6.45, 7) is 2.22. The molecule has 1 fully saturated rings. The first-order valence-electron chi connectivity index (χ1n) is 6.34. The molecule has 1 aromatic heterocycles. The second kappa shape index (κ2) is 6.36. The quantitative estimate of drug-likeness (QED) is 0.926. The number of aromatic nitrogens is 1. The van der Waals surface area contributed by atoms with Crippen LogP contribution >= 0.6 is 15.9 Å². The van der Waals surface area contributed by atoms with Crippen molar-refractivity contribution in [3.8, 4) is 0 Å². The van der Waals surface area contributed by atoms with E-state index in [1.165, 1.54) is 25.7 Å². The number of piperidine rings is 1. The number of hydrogen-bond donors (Lipinski definition) is 1. The monoisotopic (exact) mass is 297 g/mol. The zero-order valence-electron chi connectivity index (χ0n) is 10.3. The van der Waals surface area contributed by atoms with Crippen molar-refractivity contribution in [2.24, 2.45) is 0 Å². The summed E-state index contributed by atoms with van der Waals surface area (Å²) < 4.78 is 1.05. The normalized spacial score (nSPS) is 20.6. The number of rotatable bonds is 4. The van der Waals surface area contributed by atoms with Gasteiger partial charge in [0.25, 0.3) is 0 Å². The molecule has 3 nitrogen and oxygen atoms in total. The SMILES string of the molecule is CNCCC1CCCCN1c1ccc(Br)cn1. The van der Waals surface area contributed by atoms with Crippen molar-refractivity contribution in [1.82, 2.24) is 10.3 Å². The molecule has 1 aliphatic rings. The van der Waals surface area contributed by atoms with Gasteiger partial charge in [-0.3, -0.25) is 0 Å². The van der Waals surface area contributed by atoms with Crippen LogP contribution in [-0.2, 0) is 0 Å². The summed E-state index contributed by atoms with van der Waals surface area (Å²) in [6, 6.07) is 4.83. The zero-order valence-corrected chi connectivity index (χ0v) is 11.9. The largest absolute Gasteiger partial charge is 0.354 e. The molecule has 0 amide bonds. The second-order valence-corrected chi connectivity index (χ2v) is 5.49. The Kier molecular flexibility index (Phi) is 4.80. The predicted molar refractivity (Wildman–Crippen MR) is 75.5 cm³/mol. The molecule has 1 saturated heterocycles. The van der Waals surface area contributed by atoms with Gasteiger partial charge in [-0.25, -0.2) is 4.98 Å². The second-order valence-electron chi connectivity index (χ2n) is 4.57.